The third kappa shape index (κ3) is 4.62. The third-order valence-corrected chi connectivity index (χ3v) is 5.80. The molecule has 0 aromatic carbocycles. The molecule has 10 nitrogen and oxygen atoms in total. The van der Waals surface area contributed by atoms with E-state index in [-0.39, 0.29) is 6.04 Å². The quantitative estimate of drug-likeness (QED) is 0.411. The number of ether oxygens (including phenoxy) is 1. The van der Waals surface area contributed by atoms with Gasteiger partial charge in [-0.15, -0.1) is 0 Å². The predicted molar refractivity (Wildman–Crippen MR) is 126 cm³/mol. The number of H-pyrrole nitrogens is 1. The summed E-state index contributed by atoms with van der Waals surface area (Å²) in [5.74, 6) is 0.328. The van der Waals surface area contributed by atoms with Crippen LogP contribution in [0.5, 0.6) is 5.75 Å². The van der Waals surface area contributed by atoms with Crippen molar-refractivity contribution in [3.05, 3.63) is 59.9 Å². The van der Waals surface area contributed by atoms with E-state index in [0.717, 1.165) is 36.0 Å². The van der Waals surface area contributed by atoms with Gasteiger partial charge in [-0.05, 0) is 24.5 Å². The lowest BCUT2D eigenvalue weighted by atomic mass is 10.1. The lowest BCUT2D eigenvalue weighted by molar-refractivity contribution is 0.215. The highest BCUT2D eigenvalue weighted by atomic mass is 35.5. The Morgan fingerprint density at radius 3 is 3.09 bits per heavy atom. The number of nitrogens with one attached hydrogen (secondary N) is 2. The number of piperidine rings is 1. The molecule has 4 aromatic rings. The van der Waals surface area contributed by atoms with Gasteiger partial charge in [0.15, 0.2) is 5.75 Å². The molecular weight excluding hydrogens is 444 g/mol. The zero-order valence-electron chi connectivity index (χ0n) is 17.7. The number of hydrogen-bond donors (Lipinski definition) is 3. The first-order valence-corrected chi connectivity index (χ1v) is 11.0. The summed E-state index contributed by atoms with van der Waals surface area (Å²) in [5.41, 5.74) is 9.12. The molecule has 0 spiro atoms. The molecule has 1 amide bonds. The Balaban J connectivity index is 1.33. The van der Waals surface area contributed by atoms with Crippen LogP contribution in [0.2, 0.25) is 5.02 Å². The zero-order valence-corrected chi connectivity index (χ0v) is 18.5. The summed E-state index contributed by atoms with van der Waals surface area (Å²) in [6, 6.07) is 3.88. The number of halogens is 1. The number of anilines is 2. The Hall–Kier alpha value is -3.63. The van der Waals surface area contributed by atoms with Gasteiger partial charge in [0.05, 0.1) is 46.9 Å². The standard InChI is InChI=1S/C22H23ClN8O2/c23-17-9-26-21-19(20(17)30-6-2-4-15(24)12-30)18(10-27-21)29-22(32)33-16-8-28-31(13-16)11-14-3-1-5-25-7-14/h1,3,5,7-10,13,15H,2,4,6,11-12,24H2,(H,26,27)(H,29,32)/t15-/m1/s1. The maximum absolute atomic E-state index is 12.6. The van der Waals surface area contributed by atoms with E-state index in [2.05, 4.69) is 30.3 Å². The van der Waals surface area contributed by atoms with E-state index in [9.17, 15) is 4.79 Å². The summed E-state index contributed by atoms with van der Waals surface area (Å²) in [6.07, 6.45) is 11.2. The highest BCUT2D eigenvalue weighted by molar-refractivity contribution is 6.35. The minimum Gasteiger partial charge on any atom is -0.407 e. The molecule has 33 heavy (non-hydrogen) atoms. The highest BCUT2D eigenvalue weighted by Gasteiger charge is 2.24. The number of carbonyl (C=O) groups is 1. The van der Waals surface area contributed by atoms with Crippen LogP contribution in [-0.4, -0.2) is 50.0 Å². The molecule has 1 aliphatic heterocycles. The van der Waals surface area contributed by atoms with E-state index in [1.165, 1.54) is 6.20 Å². The van der Waals surface area contributed by atoms with Gasteiger partial charge in [-0.25, -0.2) is 9.78 Å². The summed E-state index contributed by atoms with van der Waals surface area (Å²) in [6.45, 7) is 2.04. The topological polar surface area (TPSA) is 127 Å². The van der Waals surface area contributed by atoms with Crippen molar-refractivity contribution in [3.63, 3.8) is 0 Å². The van der Waals surface area contributed by atoms with Gasteiger partial charge in [-0.1, -0.05) is 17.7 Å². The Morgan fingerprint density at radius 2 is 2.27 bits per heavy atom. The predicted octanol–water partition coefficient (Wildman–Crippen LogP) is 3.39. The molecular formula is C22H23ClN8O2. The van der Waals surface area contributed by atoms with Crippen LogP contribution in [0, 0.1) is 0 Å². The molecule has 0 saturated carbocycles. The van der Waals surface area contributed by atoms with Crippen LogP contribution in [-0.2, 0) is 6.54 Å². The van der Waals surface area contributed by atoms with E-state index >= 15 is 0 Å². The maximum Gasteiger partial charge on any atom is 0.417 e. The number of fused-ring (bicyclic) bond motifs is 1. The van der Waals surface area contributed by atoms with E-state index < -0.39 is 6.09 Å². The molecule has 0 bridgehead atoms. The molecule has 0 unspecified atom stereocenters. The Kier molecular flexibility index (Phi) is 5.84. The van der Waals surface area contributed by atoms with Crippen molar-refractivity contribution in [2.24, 2.45) is 5.73 Å². The molecule has 5 rings (SSSR count). The van der Waals surface area contributed by atoms with Crippen LogP contribution in [0.15, 0.2) is 49.3 Å². The van der Waals surface area contributed by atoms with Crippen molar-refractivity contribution >= 4 is 40.1 Å². The first-order valence-electron chi connectivity index (χ1n) is 10.6. The van der Waals surface area contributed by atoms with Gasteiger partial charge in [0, 0.05) is 37.7 Å². The van der Waals surface area contributed by atoms with Crippen LogP contribution < -0.4 is 20.7 Å². The zero-order chi connectivity index (χ0) is 22.8. The molecule has 170 valence electrons. The minimum atomic E-state index is -0.641. The van der Waals surface area contributed by atoms with Crippen molar-refractivity contribution in [3.8, 4) is 5.75 Å². The molecule has 1 fully saturated rings. The number of pyridine rings is 2. The maximum atomic E-state index is 12.6. The van der Waals surface area contributed by atoms with Crippen molar-refractivity contribution < 1.29 is 9.53 Å². The fraction of sp³-hybridized carbons (Fsp3) is 0.273. The second kappa shape index (κ2) is 9.08. The van der Waals surface area contributed by atoms with E-state index in [0.29, 0.717) is 35.2 Å². The van der Waals surface area contributed by atoms with Gasteiger partial charge < -0.3 is 20.4 Å². The van der Waals surface area contributed by atoms with E-state index in [1.54, 1.807) is 35.7 Å². The SMILES string of the molecule is N[C@@H]1CCCN(c2c(Cl)cnc3[nH]cc(NC(=O)Oc4cnn(Cc5cccnc5)c4)c23)C1. The van der Waals surface area contributed by atoms with Gasteiger partial charge in [-0.3, -0.25) is 15.0 Å². The Morgan fingerprint density at radius 1 is 1.36 bits per heavy atom. The number of hydrogen-bond acceptors (Lipinski definition) is 7. The third-order valence-electron chi connectivity index (χ3n) is 5.53. The number of nitrogens with two attached hydrogens (primary N) is 1. The fourth-order valence-corrected chi connectivity index (χ4v) is 4.34. The number of aromatic amines is 1. The lowest BCUT2D eigenvalue weighted by Gasteiger charge is -2.33. The van der Waals surface area contributed by atoms with Crippen LogP contribution in [0.25, 0.3) is 11.0 Å². The minimum absolute atomic E-state index is 0.0709. The van der Waals surface area contributed by atoms with Gasteiger partial charge >= 0.3 is 6.09 Å². The first-order chi connectivity index (χ1) is 16.1. The second-order valence-corrected chi connectivity index (χ2v) is 8.39. The number of nitrogens with zero attached hydrogens (tertiary/aromatic N) is 5. The van der Waals surface area contributed by atoms with Crippen molar-refractivity contribution in [1.29, 1.82) is 0 Å². The molecule has 4 aromatic heterocycles. The molecule has 4 N–H and O–H groups in total. The summed E-state index contributed by atoms with van der Waals surface area (Å²) >= 11 is 6.53. The molecule has 5 heterocycles. The average Bonchev–Trinajstić information content (AvgIpc) is 3.41. The van der Waals surface area contributed by atoms with E-state index in [1.807, 2.05) is 12.1 Å². The number of aromatic nitrogens is 5. The highest BCUT2D eigenvalue weighted by Crippen LogP contribution is 2.38. The molecule has 0 radical (unpaired) electrons. The summed E-state index contributed by atoms with van der Waals surface area (Å²) in [5, 5.41) is 8.26. The fourth-order valence-electron chi connectivity index (χ4n) is 4.08. The van der Waals surface area contributed by atoms with Crippen molar-refractivity contribution in [2.45, 2.75) is 25.4 Å². The molecule has 1 atom stereocenters. The van der Waals surface area contributed by atoms with Crippen molar-refractivity contribution in [1.82, 2.24) is 24.7 Å². The van der Waals surface area contributed by atoms with E-state index in [4.69, 9.17) is 22.1 Å². The Labute approximate surface area is 194 Å². The largest absolute Gasteiger partial charge is 0.417 e. The van der Waals surface area contributed by atoms with Crippen LogP contribution >= 0.6 is 11.6 Å². The van der Waals surface area contributed by atoms with Crippen LogP contribution in [0.1, 0.15) is 18.4 Å². The normalized spacial score (nSPS) is 16.2. The van der Waals surface area contributed by atoms with Crippen LogP contribution in [0.4, 0.5) is 16.2 Å². The average molecular weight is 467 g/mol. The van der Waals surface area contributed by atoms with Gasteiger partial charge in [-0.2, -0.15) is 5.10 Å². The molecule has 1 aliphatic rings. The summed E-state index contributed by atoms with van der Waals surface area (Å²) < 4.78 is 7.11. The van der Waals surface area contributed by atoms with Gasteiger partial charge in [0.2, 0.25) is 0 Å². The second-order valence-electron chi connectivity index (χ2n) is 7.98. The van der Waals surface area contributed by atoms with Crippen LogP contribution in [0.3, 0.4) is 0 Å². The smallest absolute Gasteiger partial charge is 0.407 e. The Bertz CT molecular complexity index is 1270. The lowest BCUT2D eigenvalue weighted by Crippen LogP contribution is -2.43. The number of amides is 1. The molecule has 0 aliphatic carbocycles. The van der Waals surface area contributed by atoms with Gasteiger partial charge in [0.1, 0.15) is 5.65 Å². The summed E-state index contributed by atoms with van der Waals surface area (Å²) in [7, 11) is 0. The molecule has 11 heteroatoms. The summed E-state index contributed by atoms with van der Waals surface area (Å²) in [4.78, 5) is 26.3. The monoisotopic (exact) mass is 466 g/mol. The van der Waals surface area contributed by atoms with Crippen molar-refractivity contribution in [2.75, 3.05) is 23.3 Å². The number of rotatable bonds is 5. The first kappa shape index (κ1) is 21.2. The number of carbonyl (C=O) groups excluding carboxylic acids is 1. The van der Waals surface area contributed by atoms with Gasteiger partial charge in [0.25, 0.3) is 0 Å². The molecule has 1 saturated heterocycles.